The van der Waals surface area contributed by atoms with Crippen LogP contribution in [0.4, 0.5) is 13.2 Å². The van der Waals surface area contributed by atoms with Crippen LogP contribution in [-0.2, 0) is 13.6 Å². The van der Waals surface area contributed by atoms with Gasteiger partial charge in [0.15, 0.2) is 0 Å². The van der Waals surface area contributed by atoms with Gasteiger partial charge in [-0.15, -0.1) is 0 Å². The van der Waals surface area contributed by atoms with Crippen molar-refractivity contribution in [3.63, 3.8) is 0 Å². The summed E-state index contributed by atoms with van der Waals surface area (Å²) in [5, 5.41) is 5.41. The number of halogens is 3. The highest BCUT2D eigenvalue weighted by Crippen LogP contribution is 2.33. The first-order valence-electron chi connectivity index (χ1n) is 12.6. The summed E-state index contributed by atoms with van der Waals surface area (Å²) in [7, 11) is 1.80. The zero-order valence-electron chi connectivity index (χ0n) is 20.8. The van der Waals surface area contributed by atoms with Crippen LogP contribution in [0.3, 0.4) is 0 Å². The molecule has 2 aromatic heterocycles. The number of rotatable bonds is 5. The normalized spacial score (nSPS) is 14.7. The molecule has 0 atom stereocenters. The predicted molar refractivity (Wildman–Crippen MR) is 140 cm³/mol. The number of hydrogen-bond acceptors (Lipinski definition) is 3. The lowest BCUT2D eigenvalue weighted by Crippen LogP contribution is -2.38. The molecule has 0 saturated carbocycles. The summed E-state index contributed by atoms with van der Waals surface area (Å²) in [6, 6.07) is 19.1. The van der Waals surface area contributed by atoms with Gasteiger partial charge in [-0.3, -0.25) is 9.48 Å². The van der Waals surface area contributed by atoms with E-state index in [1.54, 1.807) is 28.4 Å². The molecule has 0 spiro atoms. The van der Waals surface area contributed by atoms with Crippen LogP contribution < -0.4 is 0 Å². The molecule has 6 nitrogen and oxygen atoms in total. The Labute approximate surface area is 217 Å². The van der Waals surface area contributed by atoms with E-state index in [9.17, 15) is 18.0 Å². The Bertz CT molecular complexity index is 1650. The van der Waals surface area contributed by atoms with Crippen molar-refractivity contribution in [2.75, 3.05) is 13.1 Å². The van der Waals surface area contributed by atoms with E-state index in [2.05, 4.69) is 10.1 Å². The average molecular weight is 518 g/mol. The van der Waals surface area contributed by atoms with Gasteiger partial charge in [-0.05, 0) is 55.3 Å². The third-order valence-electron chi connectivity index (χ3n) is 7.35. The molecule has 1 amide bonds. The van der Waals surface area contributed by atoms with Crippen LogP contribution in [0.2, 0.25) is 0 Å². The van der Waals surface area contributed by atoms with Gasteiger partial charge < -0.3 is 9.47 Å². The number of likely N-dealkylation sites (tertiary alicyclic amines) is 1. The predicted octanol–water partition coefficient (Wildman–Crippen LogP) is 6.01. The molecule has 1 aliphatic heterocycles. The van der Waals surface area contributed by atoms with Crippen LogP contribution in [0.1, 0.15) is 34.9 Å². The van der Waals surface area contributed by atoms with E-state index in [4.69, 9.17) is 0 Å². The quantitative estimate of drug-likeness (QED) is 0.287. The Hall–Kier alpha value is -4.14. The van der Waals surface area contributed by atoms with Crippen LogP contribution in [-0.4, -0.2) is 49.7 Å². The first-order valence-corrected chi connectivity index (χ1v) is 12.6. The Kier molecular flexibility index (Phi) is 6.13. The maximum atomic E-state index is 13.8. The number of piperidine rings is 1. The Morgan fingerprint density at radius 1 is 1.00 bits per heavy atom. The lowest BCUT2D eigenvalue weighted by atomic mass is 9.95. The van der Waals surface area contributed by atoms with Crippen molar-refractivity contribution < 1.29 is 18.0 Å². The molecule has 38 heavy (non-hydrogen) atoms. The van der Waals surface area contributed by atoms with E-state index in [1.807, 2.05) is 47.4 Å². The number of carbonyl (C=O) groups is 1. The second-order valence-corrected chi connectivity index (χ2v) is 9.74. The first-order chi connectivity index (χ1) is 18.4. The van der Waals surface area contributed by atoms with Gasteiger partial charge in [0.1, 0.15) is 17.3 Å². The summed E-state index contributed by atoms with van der Waals surface area (Å²) in [6.45, 7) is 0.635. The van der Waals surface area contributed by atoms with Gasteiger partial charge in [0, 0.05) is 42.6 Å². The molecule has 0 radical (unpaired) electrons. The summed E-state index contributed by atoms with van der Waals surface area (Å²) < 4.78 is 43.8. The molecule has 5 aromatic rings. The van der Waals surface area contributed by atoms with Crippen LogP contribution >= 0.6 is 0 Å². The zero-order valence-corrected chi connectivity index (χ0v) is 20.8. The average Bonchev–Trinajstić information content (AvgIpc) is 3.45. The fourth-order valence-corrected chi connectivity index (χ4v) is 5.50. The molecule has 1 fully saturated rings. The third kappa shape index (κ3) is 4.31. The molecule has 1 aliphatic rings. The van der Waals surface area contributed by atoms with Gasteiger partial charge >= 0.3 is 0 Å². The molecule has 9 heteroatoms. The van der Waals surface area contributed by atoms with Crippen LogP contribution in [0.5, 0.6) is 0 Å². The lowest BCUT2D eigenvalue weighted by molar-refractivity contribution is 0.0709. The van der Waals surface area contributed by atoms with Gasteiger partial charge in [-0.2, -0.15) is 5.10 Å². The van der Waals surface area contributed by atoms with Crippen molar-refractivity contribution in [1.82, 2.24) is 24.2 Å². The Morgan fingerprint density at radius 2 is 1.79 bits per heavy atom. The topological polar surface area (TPSA) is 56.0 Å². The van der Waals surface area contributed by atoms with Crippen molar-refractivity contribution >= 4 is 27.8 Å². The summed E-state index contributed by atoms with van der Waals surface area (Å²) in [5.74, 6) is 0.250. The fourth-order valence-electron chi connectivity index (χ4n) is 5.50. The summed E-state index contributed by atoms with van der Waals surface area (Å²) in [4.78, 5) is 19.9. The number of amides is 1. The maximum absolute atomic E-state index is 13.8. The molecule has 6 rings (SSSR count). The standard InChI is InChI=1S/C29H26F3N5O/c1-35-25-16-20(9-10-22(25)27(34-35)19-5-4-6-21(30)15-19)29(38)36-13-11-18(12-14-36)28-33-23-7-2-3-8-24(23)37(28)17-26(31)32/h2-10,15-16,18,26H,11-14,17H2,1H3. The van der Waals surface area contributed by atoms with Gasteiger partial charge in [-0.25, -0.2) is 18.2 Å². The summed E-state index contributed by atoms with van der Waals surface area (Å²) in [6.07, 6.45) is -1.18. The summed E-state index contributed by atoms with van der Waals surface area (Å²) >= 11 is 0. The minimum absolute atomic E-state index is 0.00131. The van der Waals surface area contributed by atoms with Gasteiger partial charge in [0.2, 0.25) is 0 Å². The highest BCUT2D eigenvalue weighted by molar-refractivity contribution is 6.01. The van der Waals surface area contributed by atoms with Crippen LogP contribution in [0, 0.1) is 5.82 Å². The first kappa shape index (κ1) is 24.2. The molecule has 0 aliphatic carbocycles. The number of para-hydroxylation sites is 2. The number of aromatic nitrogens is 4. The van der Waals surface area contributed by atoms with Crippen LogP contribution in [0.25, 0.3) is 33.2 Å². The highest BCUT2D eigenvalue weighted by atomic mass is 19.3. The minimum Gasteiger partial charge on any atom is -0.339 e. The van der Waals surface area contributed by atoms with E-state index < -0.39 is 13.0 Å². The Balaban J connectivity index is 1.22. The third-order valence-corrected chi connectivity index (χ3v) is 7.35. The molecule has 194 valence electrons. The number of fused-ring (bicyclic) bond motifs is 2. The van der Waals surface area contributed by atoms with Crippen LogP contribution in [0.15, 0.2) is 66.7 Å². The number of imidazole rings is 1. The zero-order chi connectivity index (χ0) is 26.4. The smallest absolute Gasteiger partial charge is 0.256 e. The molecule has 3 heterocycles. The number of aryl methyl sites for hydroxylation is 1. The number of alkyl halides is 2. The largest absolute Gasteiger partial charge is 0.339 e. The van der Waals surface area contributed by atoms with E-state index in [0.717, 1.165) is 10.9 Å². The van der Waals surface area contributed by atoms with Crippen molar-refractivity contribution in [3.05, 3.63) is 83.9 Å². The number of benzene rings is 3. The fraction of sp³-hybridized carbons (Fsp3) is 0.276. The maximum Gasteiger partial charge on any atom is 0.256 e. The summed E-state index contributed by atoms with van der Waals surface area (Å²) in [5.41, 5.74) is 4.09. The molecule has 0 N–H and O–H groups in total. The van der Waals surface area contributed by atoms with E-state index in [1.165, 1.54) is 12.1 Å². The number of hydrogen-bond donors (Lipinski definition) is 0. The van der Waals surface area contributed by atoms with Crippen molar-refractivity contribution in [3.8, 4) is 11.3 Å². The van der Waals surface area contributed by atoms with Crippen molar-refractivity contribution in [1.29, 1.82) is 0 Å². The van der Waals surface area contributed by atoms with E-state index >= 15 is 0 Å². The van der Waals surface area contributed by atoms with Gasteiger partial charge in [-0.1, -0.05) is 24.3 Å². The molecule has 3 aromatic carbocycles. The van der Waals surface area contributed by atoms with Crippen molar-refractivity contribution in [2.24, 2.45) is 7.05 Å². The SMILES string of the molecule is Cn1nc(-c2cccc(F)c2)c2ccc(C(=O)N3CCC(c4nc5ccccc5n4CC(F)F)CC3)cc21. The lowest BCUT2D eigenvalue weighted by Gasteiger charge is -2.32. The van der Waals surface area contributed by atoms with Crippen molar-refractivity contribution in [2.45, 2.75) is 31.7 Å². The highest BCUT2D eigenvalue weighted by Gasteiger charge is 2.29. The molecule has 1 saturated heterocycles. The molecule has 0 unspecified atom stereocenters. The second-order valence-electron chi connectivity index (χ2n) is 9.74. The second kappa shape index (κ2) is 9.63. The Morgan fingerprint density at radius 3 is 2.55 bits per heavy atom. The monoisotopic (exact) mass is 517 g/mol. The number of nitrogens with zero attached hydrogens (tertiary/aromatic N) is 5. The molecular formula is C29H26F3N5O. The van der Waals surface area contributed by atoms with Gasteiger partial charge in [0.25, 0.3) is 12.3 Å². The number of carbonyl (C=O) groups excluding carboxylic acids is 1. The van der Waals surface area contributed by atoms with Gasteiger partial charge in [0.05, 0.1) is 23.1 Å². The molecular weight excluding hydrogens is 491 g/mol. The molecule has 0 bridgehead atoms. The van der Waals surface area contributed by atoms with E-state index in [-0.39, 0.29) is 17.6 Å². The minimum atomic E-state index is -2.48. The van der Waals surface area contributed by atoms with E-state index in [0.29, 0.717) is 59.6 Å².